The number of benzene rings is 2. The van der Waals surface area contributed by atoms with E-state index in [-0.39, 0.29) is 0 Å². The van der Waals surface area contributed by atoms with Gasteiger partial charge in [0.1, 0.15) is 0 Å². The number of aromatic amines is 1. The summed E-state index contributed by atoms with van der Waals surface area (Å²) in [6, 6.07) is 19.4. The smallest absolute Gasteiger partial charge is 0.0497 e. The Morgan fingerprint density at radius 2 is 1.65 bits per heavy atom. The second kappa shape index (κ2) is 6.81. The number of hydrogen-bond donors (Lipinski definition) is 1. The molecule has 3 heteroatoms. The molecular weight excluding hydrogens is 300 g/mol. The van der Waals surface area contributed by atoms with Crippen LogP contribution in [0.25, 0.3) is 22.2 Å². The zero-order valence-corrected chi connectivity index (χ0v) is 14.1. The van der Waals surface area contributed by atoms with E-state index in [0.717, 1.165) is 13.0 Å². The van der Waals surface area contributed by atoms with Gasteiger partial charge >= 0.3 is 0 Å². The molecule has 0 spiro atoms. The average molecular weight is 322 g/mol. The number of H-pyrrole nitrogens is 1. The predicted octanol–water partition coefficient (Wildman–Crippen LogP) is 4.43. The SMILES string of the molecule is c1ccc(-c2[nH]c3ccccc3c2CCN2CCSCC2)cc1. The van der Waals surface area contributed by atoms with Crippen LogP contribution in [0.1, 0.15) is 5.56 Å². The van der Waals surface area contributed by atoms with Crippen molar-refractivity contribution in [2.75, 3.05) is 31.1 Å². The molecule has 0 radical (unpaired) electrons. The number of nitrogens with zero attached hydrogens (tertiary/aromatic N) is 1. The minimum atomic E-state index is 1.11. The zero-order chi connectivity index (χ0) is 15.5. The Morgan fingerprint density at radius 3 is 2.48 bits per heavy atom. The lowest BCUT2D eigenvalue weighted by Crippen LogP contribution is -2.34. The van der Waals surface area contributed by atoms with Gasteiger partial charge in [-0.1, -0.05) is 48.5 Å². The summed E-state index contributed by atoms with van der Waals surface area (Å²) >= 11 is 2.08. The first-order valence-corrected chi connectivity index (χ1v) is 9.52. The van der Waals surface area contributed by atoms with Gasteiger partial charge in [-0.15, -0.1) is 0 Å². The van der Waals surface area contributed by atoms with Gasteiger partial charge in [0.05, 0.1) is 0 Å². The van der Waals surface area contributed by atoms with Crippen molar-refractivity contribution in [3.63, 3.8) is 0 Å². The number of nitrogens with one attached hydrogen (secondary N) is 1. The molecule has 1 saturated heterocycles. The highest BCUT2D eigenvalue weighted by atomic mass is 32.2. The largest absolute Gasteiger partial charge is 0.354 e. The topological polar surface area (TPSA) is 19.0 Å². The van der Waals surface area contributed by atoms with Gasteiger partial charge in [0.25, 0.3) is 0 Å². The number of aromatic nitrogens is 1. The molecule has 1 aromatic heterocycles. The van der Waals surface area contributed by atoms with E-state index in [1.807, 2.05) is 0 Å². The zero-order valence-electron chi connectivity index (χ0n) is 13.3. The Hall–Kier alpha value is -1.71. The van der Waals surface area contributed by atoms with Gasteiger partial charge < -0.3 is 9.88 Å². The molecule has 1 aliphatic rings. The minimum absolute atomic E-state index is 1.11. The van der Waals surface area contributed by atoms with Crippen LogP contribution in [0.3, 0.4) is 0 Å². The van der Waals surface area contributed by atoms with Crippen LogP contribution in [0.15, 0.2) is 54.6 Å². The van der Waals surface area contributed by atoms with E-state index in [2.05, 4.69) is 76.2 Å². The number of hydrogen-bond acceptors (Lipinski definition) is 2. The van der Waals surface area contributed by atoms with Crippen LogP contribution in [0, 0.1) is 0 Å². The molecule has 3 aromatic rings. The third-order valence-corrected chi connectivity index (χ3v) is 5.60. The Labute approximate surface area is 141 Å². The Morgan fingerprint density at radius 1 is 0.913 bits per heavy atom. The van der Waals surface area contributed by atoms with Crippen LogP contribution in [-0.2, 0) is 6.42 Å². The van der Waals surface area contributed by atoms with Crippen molar-refractivity contribution in [2.24, 2.45) is 0 Å². The van der Waals surface area contributed by atoms with Gasteiger partial charge in [-0.3, -0.25) is 0 Å². The molecule has 118 valence electrons. The fourth-order valence-corrected chi connectivity index (χ4v) is 4.38. The van der Waals surface area contributed by atoms with Crippen molar-refractivity contribution in [3.8, 4) is 11.3 Å². The molecule has 1 aliphatic heterocycles. The first kappa shape index (κ1) is 14.9. The fraction of sp³-hybridized carbons (Fsp3) is 0.300. The van der Waals surface area contributed by atoms with Crippen molar-refractivity contribution in [2.45, 2.75) is 6.42 Å². The van der Waals surface area contributed by atoms with E-state index in [1.165, 1.54) is 52.3 Å². The van der Waals surface area contributed by atoms with E-state index in [1.54, 1.807) is 0 Å². The van der Waals surface area contributed by atoms with E-state index in [4.69, 9.17) is 0 Å². The monoisotopic (exact) mass is 322 g/mol. The van der Waals surface area contributed by atoms with Crippen molar-refractivity contribution in [1.82, 2.24) is 9.88 Å². The minimum Gasteiger partial charge on any atom is -0.354 e. The number of rotatable bonds is 4. The number of thioether (sulfide) groups is 1. The van der Waals surface area contributed by atoms with E-state index >= 15 is 0 Å². The highest BCUT2D eigenvalue weighted by Crippen LogP contribution is 2.30. The van der Waals surface area contributed by atoms with Gasteiger partial charge in [-0.2, -0.15) is 11.8 Å². The summed E-state index contributed by atoms with van der Waals surface area (Å²) in [5.74, 6) is 2.55. The molecule has 2 heterocycles. The van der Waals surface area contributed by atoms with Gasteiger partial charge in [-0.25, -0.2) is 0 Å². The fourth-order valence-electron chi connectivity index (χ4n) is 3.41. The summed E-state index contributed by atoms with van der Waals surface area (Å²) in [6.07, 6.45) is 1.11. The normalized spacial score (nSPS) is 16.0. The summed E-state index contributed by atoms with van der Waals surface area (Å²) in [6.45, 7) is 3.61. The molecule has 23 heavy (non-hydrogen) atoms. The molecule has 0 amide bonds. The molecule has 2 nitrogen and oxygen atoms in total. The van der Waals surface area contributed by atoms with Crippen LogP contribution < -0.4 is 0 Å². The maximum atomic E-state index is 3.65. The molecule has 0 atom stereocenters. The number of fused-ring (bicyclic) bond motifs is 1. The lowest BCUT2D eigenvalue weighted by Gasteiger charge is -2.26. The van der Waals surface area contributed by atoms with Crippen molar-refractivity contribution in [1.29, 1.82) is 0 Å². The second-order valence-electron chi connectivity index (χ2n) is 6.09. The van der Waals surface area contributed by atoms with Crippen LogP contribution in [0.4, 0.5) is 0 Å². The molecule has 4 rings (SSSR count). The van der Waals surface area contributed by atoms with Crippen LogP contribution in [-0.4, -0.2) is 41.0 Å². The quantitative estimate of drug-likeness (QED) is 0.766. The van der Waals surface area contributed by atoms with E-state index in [9.17, 15) is 0 Å². The summed E-state index contributed by atoms with van der Waals surface area (Å²) in [4.78, 5) is 6.25. The molecule has 2 aromatic carbocycles. The first-order valence-electron chi connectivity index (χ1n) is 8.37. The molecule has 0 bridgehead atoms. The van der Waals surface area contributed by atoms with Crippen LogP contribution in [0.5, 0.6) is 0 Å². The molecule has 0 saturated carbocycles. The lowest BCUT2D eigenvalue weighted by molar-refractivity contribution is 0.307. The average Bonchev–Trinajstić information content (AvgIpc) is 3.00. The highest BCUT2D eigenvalue weighted by molar-refractivity contribution is 7.99. The van der Waals surface area contributed by atoms with Crippen molar-refractivity contribution >= 4 is 22.7 Å². The summed E-state index contributed by atoms with van der Waals surface area (Å²) in [5.41, 5.74) is 5.28. The van der Waals surface area contributed by atoms with Crippen LogP contribution in [0.2, 0.25) is 0 Å². The molecule has 1 N–H and O–H groups in total. The second-order valence-corrected chi connectivity index (χ2v) is 7.32. The van der Waals surface area contributed by atoms with Gasteiger partial charge in [0, 0.05) is 47.7 Å². The highest BCUT2D eigenvalue weighted by Gasteiger charge is 2.15. The molecule has 0 unspecified atom stereocenters. The Kier molecular flexibility index (Phi) is 4.40. The molecule has 1 fully saturated rings. The van der Waals surface area contributed by atoms with Gasteiger partial charge in [0.2, 0.25) is 0 Å². The standard InChI is InChI=1S/C20H22N2S/c1-2-6-16(7-3-1)20-18(10-11-22-12-14-23-15-13-22)17-8-4-5-9-19(17)21-20/h1-9,21H,10-15H2. The predicted molar refractivity (Wildman–Crippen MR) is 101 cm³/mol. The van der Waals surface area contributed by atoms with Crippen molar-refractivity contribution in [3.05, 3.63) is 60.2 Å². The summed E-state index contributed by atoms with van der Waals surface area (Å²) < 4.78 is 0. The third kappa shape index (κ3) is 3.17. The Balaban J connectivity index is 1.68. The molecule has 0 aliphatic carbocycles. The van der Waals surface area contributed by atoms with Gasteiger partial charge in [0.15, 0.2) is 0 Å². The van der Waals surface area contributed by atoms with E-state index in [0.29, 0.717) is 0 Å². The third-order valence-electron chi connectivity index (χ3n) is 4.66. The first-order chi connectivity index (χ1) is 11.4. The number of para-hydroxylation sites is 1. The summed E-state index contributed by atoms with van der Waals surface area (Å²) in [5, 5.41) is 1.37. The maximum Gasteiger partial charge on any atom is 0.0497 e. The molecular formula is C20H22N2S. The lowest BCUT2D eigenvalue weighted by atomic mass is 10.0. The van der Waals surface area contributed by atoms with Gasteiger partial charge in [-0.05, 0) is 23.6 Å². The maximum absolute atomic E-state index is 3.65. The van der Waals surface area contributed by atoms with Crippen molar-refractivity contribution < 1.29 is 0 Å². The Bertz CT molecular complexity index is 773. The van der Waals surface area contributed by atoms with Crippen LogP contribution >= 0.6 is 11.8 Å². The van der Waals surface area contributed by atoms with E-state index < -0.39 is 0 Å². The summed E-state index contributed by atoms with van der Waals surface area (Å²) in [7, 11) is 0.